The van der Waals surface area contributed by atoms with Crippen molar-refractivity contribution in [3.05, 3.63) is 82.4 Å². The van der Waals surface area contributed by atoms with Crippen LogP contribution < -0.4 is 9.26 Å². The predicted molar refractivity (Wildman–Crippen MR) is 117 cm³/mol. The first-order chi connectivity index (χ1) is 14.5. The molecular formula is C22H16ClN2O4P. The Hall–Kier alpha value is -3.23. The molecule has 0 spiro atoms. The van der Waals surface area contributed by atoms with Gasteiger partial charge in [-0.2, -0.15) is 4.98 Å². The van der Waals surface area contributed by atoms with Gasteiger partial charge in [0.15, 0.2) is 0 Å². The maximum Gasteiger partial charge on any atom is 0.365 e. The lowest BCUT2D eigenvalue weighted by atomic mass is 10.1. The van der Waals surface area contributed by atoms with Gasteiger partial charge in [0.2, 0.25) is 0 Å². The van der Waals surface area contributed by atoms with Gasteiger partial charge in [-0.3, -0.25) is 0 Å². The quantitative estimate of drug-likeness (QED) is 0.325. The number of ether oxygens (including phenoxy) is 1. The van der Waals surface area contributed by atoms with Crippen LogP contribution >= 0.6 is 19.9 Å². The molecule has 3 aromatic carbocycles. The van der Waals surface area contributed by atoms with E-state index in [1.54, 1.807) is 31.2 Å². The molecular weight excluding hydrogens is 423 g/mol. The number of nitrogens with one attached hydrogen (secondary N) is 1. The third-order valence-corrected chi connectivity index (χ3v) is 4.94. The number of nitrogens with zero attached hydrogens (tertiary/aromatic N) is 1. The minimum atomic E-state index is -3.11. The van der Waals surface area contributed by atoms with Crippen LogP contribution in [0.2, 0.25) is 5.02 Å². The summed E-state index contributed by atoms with van der Waals surface area (Å²) in [4.78, 5) is 16.5. The zero-order chi connectivity index (χ0) is 21.1. The number of aryl methyl sites for hydroxylation is 1. The monoisotopic (exact) mass is 438 g/mol. The number of hydrogen-bond donors (Lipinski definition) is 2. The minimum Gasteiger partial charge on any atom is -0.426 e. The van der Waals surface area contributed by atoms with Crippen LogP contribution in [0.4, 0.5) is 0 Å². The van der Waals surface area contributed by atoms with Crippen molar-refractivity contribution >= 4 is 30.9 Å². The number of hydrogen-bond acceptors (Lipinski definition) is 4. The van der Waals surface area contributed by atoms with E-state index in [4.69, 9.17) is 25.8 Å². The molecule has 4 rings (SSSR count). The number of halogens is 1. The zero-order valence-electron chi connectivity index (χ0n) is 15.8. The van der Waals surface area contributed by atoms with Gasteiger partial charge in [0.1, 0.15) is 11.5 Å². The molecule has 0 aliphatic rings. The molecule has 0 fully saturated rings. The molecule has 6 nitrogen and oxygen atoms in total. The molecule has 30 heavy (non-hydrogen) atoms. The van der Waals surface area contributed by atoms with Crippen LogP contribution in [-0.4, -0.2) is 14.9 Å². The van der Waals surface area contributed by atoms with Crippen LogP contribution in [0.25, 0.3) is 11.0 Å². The van der Waals surface area contributed by atoms with Crippen molar-refractivity contribution in [2.75, 3.05) is 0 Å². The summed E-state index contributed by atoms with van der Waals surface area (Å²) >= 11 is 6.37. The lowest BCUT2D eigenvalue weighted by molar-refractivity contribution is 0.406. The largest absolute Gasteiger partial charge is 0.426 e. The SMILES string of the molecule is Cc1ccc(Oc2nc3cc(C#Cc4ccccc4)c(Cl)cc3[nH]2)cc1O[PH](=O)O. The molecule has 0 saturated carbocycles. The van der Waals surface area contributed by atoms with E-state index < -0.39 is 8.25 Å². The normalized spacial score (nSPS) is 11.6. The van der Waals surface area contributed by atoms with Gasteiger partial charge in [0.05, 0.1) is 16.1 Å². The third-order valence-electron chi connectivity index (χ3n) is 4.24. The summed E-state index contributed by atoms with van der Waals surface area (Å²) in [5.41, 5.74) is 3.61. The molecule has 1 atom stereocenters. The van der Waals surface area contributed by atoms with Crippen LogP contribution in [0.5, 0.6) is 17.5 Å². The van der Waals surface area contributed by atoms with Gasteiger partial charge in [0, 0.05) is 17.2 Å². The second-order valence-corrected chi connectivity index (χ2v) is 7.55. The van der Waals surface area contributed by atoms with Gasteiger partial charge in [-0.15, -0.1) is 0 Å². The summed E-state index contributed by atoms with van der Waals surface area (Å²) < 4.78 is 21.7. The first-order valence-electron chi connectivity index (χ1n) is 8.93. The lowest BCUT2D eigenvalue weighted by Crippen LogP contribution is -1.89. The Labute approximate surface area is 178 Å². The highest BCUT2D eigenvalue weighted by Crippen LogP contribution is 2.32. The third kappa shape index (κ3) is 4.67. The Kier molecular flexibility index (Phi) is 5.78. The molecule has 0 aliphatic carbocycles. The molecule has 0 bridgehead atoms. The molecule has 8 heteroatoms. The Morgan fingerprint density at radius 2 is 1.90 bits per heavy atom. The Balaban J connectivity index is 1.61. The molecule has 4 aromatic rings. The standard InChI is InChI=1S/C22H16ClN2O4P/c1-14-7-10-17(12-21(14)29-30(26)27)28-22-24-19-11-16(18(23)13-20(19)25-22)9-8-15-5-3-2-4-6-15/h2-7,10-13,30H,1H3,(H,24,25)(H,26,27). The summed E-state index contributed by atoms with van der Waals surface area (Å²) in [7, 11) is -3.11. The second kappa shape index (κ2) is 8.64. The summed E-state index contributed by atoms with van der Waals surface area (Å²) in [6.07, 6.45) is 0. The minimum absolute atomic E-state index is 0.251. The fraction of sp³-hybridized carbons (Fsp3) is 0.0455. The maximum absolute atomic E-state index is 11.0. The Bertz CT molecular complexity index is 1310. The Morgan fingerprint density at radius 1 is 1.10 bits per heavy atom. The predicted octanol–water partition coefficient (Wildman–Crippen LogP) is 5.48. The molecule has 1 aromatic heterocycles. The van der Waals surface area contributed by atoms with E-state index in [1.165, 1.54) is 6.07 Å². The van der Waals surface area contributed by atoms with Crippen molar-refractivity contribution < 1.29 is 18.7 Å². The average molecular weight is 439 g/mol. The maximum atomic E-state index is 11.0. The zero-order valence-corrected chi connectivity index (χ0v) is 17.5. The number of H-pyrrole nitrogens is 1. The topological polar surface area (TPSA) is 84.4 Å². The summed E-state index contributed by atoms with van der Waals surface area (Å²) in [5.74, 6) is 6.83. The van der Waals surface area contributed by atoms with E-state index in [-0.39, 0.29) is 11.8 Å². The number of benzene rings is 3. The van der Waals surface area contributed by atoms with Crippen molar-refractivity contribution in [1.29, 1.82) is 0 Å². The van der Waals surface area contributed by atoms with Crippen LogP contribution in [-0.2, 0) is 4.57 Å². The molecule has 1 unspecified atom stereocenters. The number of aromatic amines is 1. The van der Waals surface area contributed by atoms with Crippen molar-refractivity contribution in [2.45, 2.75) is 6.92 Å². The molecule has 1 heterocycles. The van der Waals surface area contributed by atoms with Gasteiger partial charge in [-0.1, -0.05) is 47.7 Å². The van der Waals surface area contributed by atoms with Gasteiger partial charge in [-0.25, -0.2) is 4.57 Å². The number of rotatable bonds is 4. The van der Waals surface area contributed by atoms with E-state index in [1.807, 2.05) is 30.3 Å². The van der Waals surface area contributed by atoms with Crippen molar-refractivity contribution in [2.24, 2.45) is 0 Å². The Morgan fingerprint density at radius 3 is 2.67 bits per heavy atom. The van der Waals surface area contributed by atoms with E-state index >= 15 is 0 Å². The summed E-state index contributed by atoms with van der Waals surface area (Å²) in [6.45, 7) is 1.77. The van der Waals surface area contributed by atoms with Crippen LogP contribution in [0.1, 0.15) is 16.7 Å². The molecule has 0 amide bonds. The molecule has 0 radical (unpaired) electrons. The van der Waals surface area contributed by atoms with Gasteiger partial charge in [-0.05, 0) is 42.8 Å². The van der Waals surface area contributed by atoms with Gasteiger partial charge >= 0.3 is 8.25 Å². The van der Waals surface area contributed by atoms with Crippen molar-refractivity contribution in [3.8, 4) is 29.4 Å². The highest BCUT2D eigenvalue weighted by atomic mass is 35.5. The first kappa shape index (κ1) is 20.1. The van der Waals surface area contributed by atoms with Crippen molar-refractivity contribution in [1.82, 2.24) is 9.97 Å². The number of imidazole rings is 1. The lowest BCUT2D eigenvalue weighted by Gasteiger charge is -2.08. The van der Waals surface area contributed by atoms with E-state index in [0.29, 0.717) is 32.9 Å². The average Bonchev–Trinajstić information content (AvgIpc) is 3.10. The smallest absolute Gasteiger partial charge is 0.365 e. The molecule has 0 aliphatic heterocycles. The molecule has 0 saturated heterocycles. The fourth-order valence-corrected chi connectivity index (χ4v) is 3.39. The number of aromatic nitrogens is 2. The highest BCUT2D eigenvalue weighted by Gasteiger charge is 2.10. The van der Waals surface area contributed by atoms with Crippen LogP contribution in [0.15, 0.2) is 60.7 Å². The summed E-state index contributed by atoms with van der Waals surface area (Å²) in [5, 5.41) is 0.500. The number of fused-ring (bicyclic) bond motifs is 1. The van der Waals surface area contributed by atoms with E-state index in [0.717, 1.165) is 5.56 Å². The second-order valence-electron chi connectivity index (χ2n) is 6.40. The highest BCUT2D eigenvalue weighted by molar-refractivity contribution is 7.32. The van der Waals surface area contributed by atoms with Gasteiger partial charge < -0.3 is 19.1 Å². The van der Waals surface area contributed by atoms with E-state index in [2.05, 4.69) is 21.8 Å². The van der Waals surface area contributed by atoms with E-state index in [9.17, 15) is 4.57 Å². The molecule has 2 N–H and O–H groups in total. The first-order valence-corrected chi connectivity index (χ1v) is 10.6. The van der Waals surface area contributed by atoms with Gasteiger partial charge in [0.25, 0.3) is 6.01 Å². The fourth-order valence-electron chi connectivity index (χ4n) is 2.77. The molecule has 150 valence electrons. The van der Waals surface area contributed by atoms with Crippen LogP contribution in [0, 0.1) is 18.8 Å². The van der Waals surface area contributed by atoms with Crippen molar-refractivity contribution in [3.63, 3.8) is 0 Å². The van der Waals surface area contributed by atoms with Crippen LogP contribution in [0.3, 0.4) is 0 Å². The summed E-state index contributed by atoms with van der Waals surface area (Å²) in [6, 6.07) is 18.4.